The zero-order chi connectivity index (χ0) is 45.6. The molecule has 0 N–H and O–H groups in total. The summed E-state index contributed by atoms with van der Waals surface area (Å²) in [5.41, 5.74) is 17.0. The predicted octanol–water partition coefficient (Wildman–Crippen LogP) is 16.5. The van der Waals surface area contributed by atoms with Crippen LogP contribution in [0, 0.1) is 12.1 Å². The van der Waals surface area contributed by atoms with Crippen LogP contribution in [0.15, 0.2) is 237 Å². The molecule has 334 valence electrons. The van der Waals surface area contributed by atoms with E-state index in [1.54, 1.807) is 0 Å². The largest absolute Gasteiger partial charge is 0.357 e. The van der Waals surface area contributed by atoms with Gasteiger partial charge in [0.1, 0.15) is 5.82 Å². The zero-order valence-corrected chi connectivity index (χ0v) is 40.4. The first kappa shape index (κ1) is 43.5. The number of anilines is 3. The predicted molar refractivity (Wildman–Crippen MR) is 282 cm³/mol. The van der Waals surface area contributed by atoms with E-state index in [2.05, 4.69) is 275 Å². The van der Waals surface area contributed by atoms with E-state index in [0.29, 0.717) is 0 Å². The fraction of sp³-hybridized carbons (Fsp3) is 0.0476. The Labute approximate surface area is 417 Å². The SMILES string of the molecule is CC(C)n1[cH+]n(-c2[c-]c(N(c3[c-]c4c(cc3)c3ccccc3n4-c3cc(-c4ccccc4-c4ccccc4)ccn3)c3c(-c4ccccc4)cccc3-c3ccccc3)ccc2)c2ccccc21.[Pt]. The van der Waals surface area contributed by atoms with Gasteiger partial charge in [-0.15, -0.1) is 29.7 Å². The zero-order valence-electron chi connectivity index (χ0n) is 38.1. The van der Waals surface area contributed by atoms with Gasteiger partial charge < -0.3 is 9.47 Å². The fourth-order valence-electron chi connectivity index (χ4n) is 9.87. The summed E-state index contributed by atoms with van der Waals surface area (Å²) in [6.45, 7) is 4.45. The van der Waals surface area contributed by atoms with Crippen LogP contribution < -0.4 is 4.90 Å². The average molecular weight is 1070 g/mol. The Kier molecular flexibility index (Phi) is 11.7. The molecule has 0 fully saturated rings. The van der Waals surface area contributed by atoms with Gasteiger partial charge in [0, 0.05) is 61.7 Å². The van der Waals surface area contributed by atoms with Gasteiger partial charge in [0.05, 0.1) is 11.7 Å². The van der Waals surface area contributed by atoms with Gasteiger partial charge in [-0.05, 0) is 82.9 Å². The maximum Gasteiger partial charge on any atom is 0.188 e. The molecule has 0 aliphatic carbocycles. The molecular formula is C63H46N5Pt-. The second kappa shape index (κ2) is 18.5. The third-order valence-electron chi connectivity index (χ3n) is 13.0. The Hall–Kier alpha value is -8.11. The van der Waals surface area contributed by atoms with Crippen LogP contribution in [-0.4, -0.2) is 18.7 Å². The fourth-order valence-corrected chi connectivity index (χ4v) is 9.87. The van der Waals surface area contributed by atoms with Gasteiger partial charge in [-0.1, -0.05) is 175 Å². The molecule has 0 amide bonds. The van der Waals surface area contributed by atoms with Crippen LogP contribution in [0.2, 0.25) is 0 Å². The van der Waals surface area contributed by atoms with Gasteiger partial charge in [-0.3, -0.25) is 0 Å². The molecule has 12 aromatic rings. The van der Waals surface area contributed by atoms with Crippen LogP contribution in [0.1, 0.15) is 19.9 Å². The Bertz CT molecular complexity index is 3720. The van der Waals surface area contributed by atoms with Gasteiger partial charge in [0.2, 0.25) is 0 Å². The van der Waals surface area contributed by atoms with Crippen LogP contribution in [0.5, 0.6) is 0 Å². The van der Waals surface area contributed by atoms with E-state index in [4.69, 9.17) is 4.98 Å². The molecule has 0 saturated carbocycles. The van der Waals surface area contributed by atoms with Crippen molar-refractivity contribution in [3.05, 3.63) is 249 Å². The molecule has 3 aromatic heterocycles. The molecule has 9 aromatic carbocycles. The van der Waals surface area contributed by atoms with E-state index in [9.17, 15) is 0 Å². The summed E-state index contributed by atoms with van der Waals surface area (Å²) in [5.74, 6) is 0.817. The number of imidazole rings is 1. The molecule has 0 bridgehead atoms. The number of hydrogen-bond donors (Lipinski definition) is 0. The van der Waals surface area contributed by atoms with E-state index in [-0.39, 0.29) is 27.1 Å². The molecule has 0 unspecified atom stereocenters. The third-order valence-corrected chi connectivity index (χ3v) is 13.0. The summed E-state index contributed by atoms with van der Waals surface area (Å²) in [5, 5.41) is 2.23. The van der Waals surface area contributed by atoms with E-state index in [1.165, 1.54) is 16.6 Å². The number of hydrogen-bond acceptors (Lipinski definition) is 2. The van der Waals surface area contributed by atoms with Crippen molar-refractivity contribution in [1.82, 2.24) is 18.7 Å². The Morgan fingerprint density at radius 1 is 0.464 bits per heavy atom. The summed E-state index contributed by atoms with van der Waals surface area (Å²) >= 11 is 0. The molecule has 69 heavy (non-hydrogen) atoms. The summed E-state index contributed by atoms with van der Waals surface area (Å²) in [6, 6.07) is 88.0. The average Bonchev–Trinajstić information content (AvgIpc) is 3.96. The van der Waals surface area contributed by atoms with Gasteiger partial charge >= 0.3 is 0 Å². The van der Waals surface area contributed by atoms with Gasteiger partial charge in [-0.2, -0.15) is 12.1 Å². The Balaban J connectivity index is 0.00000520. The van der Waals surface area contributed by atoms with Gasteiger partial charge in [-0.25, -0.2) is 14.1 Å². The standard InChI is InChI=1S/C63H46N5.Pt/c1-44(2)65-43-66(60-35-17-16-34-59(60)65)49-26-18-27-50(41-49)67(63-54(46-22-8-4-9-23-46)31-19-32-55(63)47-24-10-5-11-25-47)51-36-37-57-56-30-14-15-33-58(56)68(61(57)42-51)62-40-48(38-39-64-62)53-29-13-12-28-52(53)45-20-6-3-7-21-45;/h3-40,43-44H,1-2H3;/q-1;. The molecule has 5 nitrogen and oxygen atoms in total. The second-order valence-electron chi connectivity index (χ2n) is 17.4. The smallest absolute Gasteiger partial charge is 0.188 e. The second-order valence-corrected chi connectivity index (χ2v) is 17.4. The molecule has 0 spiro atoms. The molecule has 0 aliphatic rings. The van der Waals surface area contributed by atoms with Crippen LogP contribution >= 0.6 is 0 Å². The van der Waals surface area contributed by atoms with Gasteiger partial charge in [0.15, 0.2) is 17.4 Å². The Morgan fingerprint density at radius 3 is 1.67 bits per heavy atom. The number of rotatable bonds is 10. The van der Waals surface area contributed by atoms with Gasteiger partial charge in [0.25, 0.3) is 0 Å². The third kappa shape index (κ3) is 7.85. The Morgan fingerprint density at radius 2 is 1.00 bits per heavy atom. The van der Waals surface area contributed by atoms with Crippen molar-refractivity contribution in [2.45, 2.75) is 19.9 Å². The molecule has 3 heterocycles. The molecule has 0 aliphatic heterocycles. The quantitative estimate of drug-likeness (QED) is 0.128. The van der Waals surface area contributed by atoms with Crippen molar-refractivity contribution in [3.63, 3.8) is 0 Å². The number of aromatic nitrogens is 4. The van der Waals surface area contributed by atoms with Crippen molar-refractivity contribution in [2.24, 2.45) is 0 Å². The summed E-state index contributed by atoms with van der Waals surface area (Å²) in [7, 11) is 0. The van der Waals surface area contributed by atoms with Crippen LogP contribution in [0.25, 0.3) is 88.9 Å². The molecular weight excluding hydrogens is 1020 g/mol. The van der Waals surface area contributed by atoms with Crippen molar-refractivity contribution in [1.29, 1.82) is 0 Å². The summed E-state index contributed by atoms with van der Waals surface area (Å²) in [4.78, 5) is 7.47. The van der Waals surface area contributed by atoms with E-state index >= 15 is 0 Å². The van der Waals surface area contributed by atoms with E-state index in [1.807, 2.05) is 6.20 Å². The van der Waals surface area contributed by atoms with Crippen LogP contribution in [-0.2, 0) is 21.1 Å². The topological polar surface area (TPSA) is 30.9 Å². The maximum absolute atomic E-state index is 5.11. The first-order chi connectivity index (χ1) is 33.6. The minimum atomic E-state index is 0. The molecule has 0 saturated heterocycles. The first-order valence-electron chi connectivity index (χ1n) is 23.2. The van der Waals surface area contributed by atoms with Crippen LogP contribution in [0.3, 0.4) is 0 Å². The number of nitrogens with zero attached hydrogens (tertiary/aromatic N) is 5. The van der Waals surface area contributed by atoms with E-state index in [0.717, 1.165) is 89.3 Å². The molecule has 0 radical (unpaired) electrons. The molecule has 0 atom stereocenters. The van der Waals surface area contributed by atoms with Crippen molar-refractivity contribution >= 4 is 49.9 Å². The first-order valence-corrected chi connectivity index (χ1v) is 23.2. The van der Waals surface area contributed by atoms with Crippen LogP contribution in [0.4, 0.5) is 17.1 Å². The summed E-state index contributed by atoms with van der Waals surface area (Å²) < 4.78 is 6.87. The van der Waals surface area contributed by atoms with Crippen molar-refractivity contribution < 1.29 is 21.1 Å². The maximum atomic E-state index is 5.11. The molecule has 12 rings (SSSR count). The number of pyridine rings is 1. The molecule has 6 heteroatoms. The van der Waals surface area contributed by atoms with E-state index < -0.39 is 0 Å². The monoisotopic (exact) mass is 1070 g/mol. The number of benzene rings is 9. The minimum absolute atomic E-state index is 0. The van der Waals surface area contributed by atoms with Crippen molar-refractivity contribution in [2.75, 3.05) is 4.90 Å². The summed E-state index contributed by atoms with van der Waals surface area (Å²) in [6.07, 6.45) is 4.14. The number of para-hydroxylation sites is 4. The van der Waals surface area contributed by atoms with Crippen molar-refractivity contribution in [3.8, 4) is 56.0 Å². The normalized spacial score (nSPS) is 11.3. The minimum Gasteiger partial charge on any atom is -0.357 e. The number of fused-ring (bicyclic) bond motifs is 4.